The molecule has 21 heavy (non-hydrogen) atoms. The third-order valence-corrected chi connectivity index (χ3v) is 4.57. The maximum absolute atomic E-state index is 9.40. The largest absolute Gasteiger partial charge is 0.322 e. The first kappa shape index (κ1) is 12.4. The summed E-state index contributed by atoms with van der Waals surface area (Å²) < 4.78 is 3.88. The molecular formula is C14H12N6S. The van der Waals surface area contributed by atoms with Gasteiger partial charge in [0.05, 0.1) is 17.1 Å². The molecule has 0 unspecified atom stereocenters. The van der Waals surface area contributed by atoms with Gasteiger partial charge in [-0.1, -0.05) is 17.8 Å². The van der Waals surface area contributed by atoms with E-state index < -0.39 is 0 Å². The Balaban J connectivity index is 1.62. The van der Waals surface area contributed by atoms with Crippen LogP contribution < -0.4 is 0 Å². The number of nitrogens with zero attached hydrogens (tertiary/aromatic N) is 6. The van der Waals surface area contributed by atoms with Crippen LogP contribution in [0.5, 0.6) is 0 Å². The van der Waals surface area contributed by atoms with Crippen LogP contribution in [0.15, 0.2) is 35.7 Å². The van der Waals surface area contributed by atoms with Crippen molar-refractivity contribution in [3.8, 4) is 6.07 Å². The third-order valence-electron chi connectivity index (χ3n) is 3.59. The minimum absolute atomic E-state index is 0.464. The van der Waals surface area contributed by atoms with Crippen molar-refractivity contribution in [2.24, 2.45) is 0 Å². The van der Waals surface area contributed by atoms with E-state index in [1.54, 1.807) is 11.8 Å². The van der Waals surface area contributed by atoms with Gasteiger partial charge in [-0.05, 0) is 41.0 Å². The van der Waals surface area contributed by atoms with Gasteiger partial charge in [0.2, 0.25) is 5.16 Å². The fraction of sp³-hybridized carbons (Fsp3) is 0.286. The van der Waals surface area contributed by atoms with Crippen molar-refractivity contribution < 1.29 is 0 Å². The maximum atomic E-state index is 9.40. The van der Waals surface area contributed by atoms with Gasteiger partial charge in [-0.2, -0.15) is 5.26 Å². The van der Waals surface area contributed by atoms with Gasteiger partial charge < -0.3 is 4.40 Å². The molecule has 4 rings (SSSR count). The van der Waals surface area contributed by atoms with Gasteiger partial charge in [0.1, 0.15) is 6.07 Å². The zero-order chi connectivity index (χ0) is 14.2. The Kier molecular flexibility index (Phi) is 2.89. The van der Waals surface area contributed by atoms with E-state index in [1.165, 1.54) is 0 Å². The van der Waals surface area contributed by atoms with Crippen LogP contribution in [0.3, 0.4) is 0 Å². The van der Waals surface area contributed by atoms with Gasteiger partial charge in [-0.3, -0.25) is 0 Å². The first-order valence-corrected chi connectivity index (χ1v) is 7.74. The highest BCUT2D eigenvalue weighted by atomic mass is 32.2. The Hall–Kier alpha value is -2.33. The highest BCUT2D eigenvalue weighted by molar-refractivity contribution is 7.98. The highest BCUT2D eigenvalue weighted by Gasteiger charge is 2.28. The van der Waals surface area contributed by atoms with Crippen molar-refractivity contribution in [2.75, 3.05) is 0 Å². The molecule has 0 radical (unpaired) electrons. The summed E-state index contributed by atoms with van der Waals surface area (Å²) in [6.07, 6.45) is 6.26. The summed E-state index contributed by atoms with van der Waals surface area (Å²) in [6.45, 7) is 0. The molecule has 0 atom stereocenters. The summed E-state index contributed by atoms with van der Waals surface area (Å²) in [4.78, 5) is 0. The van der Waals surface area contributed by atoms with E-state index in [0.717, 1.165) is 34.6 Å². The predicted octanol–water partition coefficient (Wildman–Crippen LogP) is 2.42. The number of pyridine rings is 1. The molecule has 0 spiro atoms. The lowest BCUT2D eigenvalue weighted by molar-refractivity contribution is 0.565. The lowest BCUT2D eigenvalue weighted by Crippen LogP contribution is -1.98. The van der Waals surface area contributed by atoms with E-state index in [2.05, 4.69) is 21.6 Å². The van der Waals surface area contributed by atoms with Crippen LogP contribution in [0.2, 0.25) is 0 Å². The number of fused-ring (bicyclic) bond motifs is 1. The van der Waals surface area contributed by atoms with E-state index in [-0.39, 0.29) is 0 Å². The van der Waals surface area contributed by atoms with Crippen molar-refractivity contribution in [3.63, 3.8) is 0 Å². The number of nitriles is 1. The minimum atomic E-state index is 0.464. The van der Waals surface area contributed by atoms with Crippen molar-refractivity contribution in [1.82, 2.24) is 24.6 Å². The minimum Gasteiger partial charge on any atom is -0.322 e. The summed E-state index contributed by atoms with van der Waals surface area (Å²) in [6, 6.07) is 8.63. The molecule has 6 nitrogen and oxygen atoms in total. The number of rotatable bonds is 4. The molecule has 1 aliphatic rings. The number of tetrazole rings is 1. The average Bonchev–Trinajstić information content (AvgIpc) is 3.13. The van der Waals surface area contributed by atoms with E-state index in [0.29, 0.717) is 11.8 Å². The monoisotopic (exact) mass is 296 g/mol. The van der Waals surface area contributed by atoms with E-state index in [9.17, 15) is 5.26 Å². The van der Waals surface area contributed by atoms with Crippen LogP contribution in [0.4, 0.5) is 0 Å². The average molecular weight is 296 g/mol. The molecule has 1 saturated carbocycles. The lowest BCUT2D eigenvalue weighted by Gasteiger charge is -2.01. The molecule has 0 saturated heterocycles. The topological polar surface area (TPSA) is 71.8 Å². The first-order valence-electron chi connectivity index (χ1n) is 6.76. The van der Waals surface area contributed by atoms with Gasteiger partial charge in [0.15, 0.2) is 0 Å². The molecular weight excluding hydrogens is 284 g/mol. The van der Waals surface area contributed by atoms with Crippen molar-refractivity contribution in [1.29, 1.82) is 5.26 Å². The summed E-state index contributed by atoms with van der Waals surface area (Å²) in [5.74, 6) is 0.692. The molecule has 104 valence electrons. The van der Waals surface area contributed by atoms with Crippen LogP contribution in [-0.4, -0.2) is 24.6 Å². The first-order chi connectivity index (χ1) is 10.4. The zero-order valence-corrected chi connectivity index (χ0v) is 12.0. The summed E-state index contributed by atoms with van der Waals surface area (Å²) >= 11 is 1.58. The van der Waals surface area contributed by atoms with Crippen LogP contribution in [0.1, 0.15) is 30.0 Å². The molecule has 7 heteroatoms. The summed E-state index contributed by atoms with van der Waals surface area (Å²) in [5.41, 5.74) is 2.69. The van der Waals surface area contributed by atoms with Gasteiger partial charge in [0.25, 0.3) is 0 Å². The predicted molar refractivity (Wildman–Crippen MR) is 77.8 cm³/mol. The highest BCUT2D eigenvalue weighted by Crippen LogP contribution is 2.37. The fourth-order valence-corrected chi connectivity index (χ4v) is 3.30. The molecule has 3 aromatic heterocycles. The molecule has 1 aliphatic carbocycles. The second kappa shape index (κ2) is 4.90. The third kappa shape index (κ3) is 2.17. The molecule has 3 heterocycles. The summed E-state index contributed by atoms with van der Waals surface area (Å²) in [5, 5.41) is 22.1. The fourth-order valence-electron chi connectivity index (χ4n) is 2.39. The maximum Gasteiger partial charge on any atom is 0.209 e. The molecule has 1 fully saturated rings. The molecule has 0 amide bonds. The van der Waals surface area contributed by atoms with Gasteiger partial charge >= 0.3 is 0 Å². The van der Waals surface area contributed by atoms with Crippen LogP contribution in [0.25, 0.3) is 5.52 Å². The SMILES string of the molecule is N#Cc1c(CSc2nnnn2C2CC2)cn2ccccc12. The van der Waals surface area contributed by atoms with Gasteiger partial charge in [-0.15, -0.1) is 5.10 Å². The number of hydrogen-bond donors (Lipinski definition) is 0. The smallest absolute Gasteiger partial charge is 0.209 e. The number of thioether (sulfide) groups is 1. The molecule has 0 aromatic carbocycles. The van der Waals surface area contributed by atoms with Crippen molar-refractivity contribution in [3.05, 3.63) is 41.7 Å². The van der Waals surface area contributed by atoms with Gasteiger partial charge in [0, 0.05) is 18.1 Å². The molecule has 0 bridgehead atoms. The van der Waals surface area contributed by atoms with Crippen LogP contribution >= 0.6 is 11.8 Å². The van der Waals surface area contributed by atoms with E-state index in [1.807, 2.05) is 39.7 Å². The standard InChI is InChI=1S/C14H12N6S/c15-7-12-10(8-19-6-2-1-3-13(12)19)9-21-14-16-17-18-20(14)11-4-5-11/h1-3,6,8,11H,4-5,9H2. The second-order valence-electron chi connectivity index (χ2n) is 5.06. The Morgan fingerprint density at radius 3 is 3.10 bits per heavy atom. The number of hydrogen-bond acceptors (Lipinski definition) is 5. The van der Waals surface area contributed by atoms with Crippen molar-refractivity contribution in [2.45, 2.75) is 29.8 Å². The zero-order valence-electron chi connectivity index (χ0n) is 11.2. The quantitative estimate of drug-likeness (QED) is 0.691. The Labute approximate surface area is 125 Å². The van der Waals surface area contributed by atoms with Gasteiger partial charge in [-0.25, -0.2) is 4.68 Å². The number of aromatic nitrogens is 5. The molecule has 0 aliphatic heterocycles. The van der Waals surface area contributed by atoms with Crippen LogP contribution in [0, 0.1) is 11.3 Å². The van der Waals surface area contributed by atoms with E-state index >= 15 is 0 Å². The normalized spacial score (nSPS) is 14.4. The van der Waals surface area contributed by atoms with Crippen molar-refractivity contribution >= 4 is 17.3 Å². The molecule has 0 N–H and O–H groups in total. The van der Waals surface area contributed by atoms with Crippen LogP contribution in [-0.2, 0) is 5.75 Å². The molecule has 3 aromatic rings. The second-order valence-corrected chi connectivity index (χ2v) is 6.00. The Morgan fingerprint density at radius 1 is 1.38 bits per heavy atom. The Bertz CT molecular complexity index is 839. The lowest BCUT2D eigenvalue weighted by atomic mass is 10.2. The Morgan fingerprint density at radius 2 is 2.29 bits per heavy atom. The van der Waals surface area contributed by atoms with E-state index in [4.69, 9.17) is 0 Å². The summed E-state index contributed by atoms with van der Waals surface area (Å²) in [7, 11) is 0.